The minimum Gasteiger partial charge on any atom is -0.370 e. The predicted molar refractivity (Wildman–Crippen MR) is 75.7 cm³/mol. The summed E-state index contributed by atoms with van der Waals surface area (Å²) in [5.41, 5.74) is 2.53. The van der Waals surface area contributed by atoms with Crippen LogP contribution in [0.2, 0.25) is 0 Å². The summed E-state index contributed by atoms with van der Waals surface area (Å²) in [4.78, 5) is 6.73. The second kappa shape index (κ2) is 4.25. The molecule has 0 atom stereocenters. The van der Waals surface area contributed by atoms with E-state index in [-0.39, 0.29) is 0 Å². The second-order valence-corrected chi connectivity index (χ2v) is 7.04. The van der Waals surface area contributed by atoms with E-state index in [4.69, 9.17) is 0 Å². The Morgan fingerprint density at radius 1 is 1.11 bits per heavy atom. The molecule has 2 heteroatoms. The Morgan fingerprint density at radius 2 is 1.89 bits per heavy atom. The van der Waals surface area contributed by atoms with Crippen LogP contribution in [0.3, 0.4) is 0 Å². The van der Waals surface area contributed by atoms with E-state index in [1.807, 2.05) is 18.5 Å². The predicted octanol–water partition coefficient (Wildman–Crippen LogP) is 3.88. The molecule has 2 fully saturated rings. The number of aromatic nitrogens is 1. The molecule has 0 amide bonds. The van der Waals surface area contributed by atoms with Gasteiger partial charge in [0.25, 0.3) is 0 Å². The van der Waals surface area contributed by atoms with Gasteiger partial charge in [-0.2, -0.15) is 0 Å². The van der Waals surface area contributed by atoms with E-state index in [2.05, 4.69) is 29.8 Å². The van der Waals surface area contributed by atoms with Crippen LogP contribution >= 0.6 is 0 Å². The molecule has 0 bridgehead atoms. The largest absolute Gasteiger partial charge is 0.370 e. The van der Waals surface area contributed by atoms with Crippen LogP contribution in [0.15, 0.2) is 24.5 Å². The summed E-state index contributed by atoms with van der Waals surface area (Å²) in [7, 11) is 0. The molecule has 98 valence electrons. The van der Waals surface area contributed by atoms with Crippen LogP contribution in [-0.4, -0.2) is 18.1 Å². The third-order valence-corrected chi connectivity index (χ3v) is 5.02. The van der Waals surface area contributed by atoms with Gasteiger partial charge in [0.1, 0.15) is 0 Å². The maximum absolute atomic E-state index is 4.23. The van der Waals surface area contributed by atoms with Gasteiger partial charge in [-0.15, -0.1) is 0 Å². The van der Waals surface area contributed by atoms with Gasteiger partial charge in [-0.3, -0.25) is 4.98 Å². The van der Waals surface area contributed by atoms with Crippen molar-refractivity contribution in [3.8, 4) is 0 Å². The lowest BCUT2D eigenvalue weighted by Gasteiger charge is -2.41. The molecule has 18 heavy (non-hydrogen) atoms. The van der Waals surface area contributed by atoms with Gasteiger partial charge in [0.15, 0.2) is 0 Å². The van der Waals surface area contributed by atoms with Crippen LogP contribution in [-0.2, 0) is 0 Å². The van der Waals surface area contributed by atoms with Crippen molar-refractivity contribution in [3.05, 3.63) is 24.5 Å². The first kappa shape index (κ1) is 12.0. The van der Waals surface area contributed by atoms with Crippen LogP contribution in [0.5, 0.6) is 0 Å². The fourth-order valence-electron chi connectivity index (χ4n) is 4.00. The van der Waals surface area contributed by atoms with Crippen molar-refractivity contribution in [1.29, 1.82) is 0 Å². The first-order valence-electron chi connectivity index (χ1n) is 7.24. The average molecular weight is 244 g/mol. The number of rotatable bonds is 1. The minimum absolute atomic E-state index is 0.580. The maximum Gasteiger partial charge on any atom is 0.0552 e. The normalized spacial score (nSPS) is 25.6. The van der Waals surface area contributed by atoms with Gasteiger partial charge in [0.2, 0.25) is 0 Å². The van der Waals surface area contributed by atoms with E-state index >= 15 is 0 Å². The van der Waals surface area contributed by atoms with Gasteiger partial charge in [-0.05, 0) is 55.1 Å². The van der Waals surface area contributed by atoms with Crippen LogP contribution in [0.25, 0.3) is 0 Å². The lowest BCUT2D eigenvalue weighted by atomic mass is 9.74. The number of hydrogen-bond donors (Lipinski definition) is 0. The van der Waals surface area contributed by atoms with Crippen LogP contribution in [0, 0.1) is 10.8 Å². The third kappa shape index (κ3) is 2.25. The molecule has 0 aromatic carbocycles. The van der Waals surface area contributed by atoms with Crippen molar-refractivity contribution < 1.29 is 0 Å². The highest BCUT2D eigenvalue weighted by Crippen LogP contribution is 2.54. The average Bonchev–Trinajstić information content (AvgIpc) is 2.67. The van der Waals surface area contributed by atoms with Crippen LogP contribution < -0.4 is 4.90 Å². The first-order valence-corrected chi connectivity index (χ1v) is 7.24. The molecular formula is C16H24N2. The van der Waals surface area contributed by atoms with E-state index in [9.17, 15) is 0 Å². The Hall–Kier alpha value is -1.05. The molecule has 1 aliphatic carbocycles. The SMILES string of the molecule is CC1(C)CCC2(CCN(c3cccnc3)CC2)C1. The topological polar surface area (TPSA) is 16.1 Å². The monoisotopic (exact) mass is 244 g/mol. The number of piperidine rings is 1. The molecule has 1 spiro atoms. The van der Waals surface area contributed by atoms with Gasteiger partial charge in [0, 0.05) is 19.3 Å². The summed E-state index contributed by atoms with van der Waals surface area (Å²) < 4.78 is 0. The van der Waals surface area contributed by atoms with Crippen molar-refractivity contribution >= 4 is 5.69 Å². The number of anilines is 1. The van der Waals surface area contributed by atoms with Crippen molar-refractivity contribution in [2.45, 2.75) is 46.0 Å². The van der Waals surface area contributed by atoms with E-state index in [0.29, 0.717) is 10.8 Å². The highest BCUT2D eigenvalue weighted by atomic mass is 15.1. The molecule has 3 rings (SSSR count). The Bertz CT molecular complexity index is 402. The number of nitrogens with zero attached hydrogens (tertiary/aromatic N) is 2. The van der Waals surface area contributed by atoms with Gasteiger partial charge < -0.3 is 4.90 Å². The summed E-state index contributed by atoms with van der Waals surface area (Å²) in [6, 6.07) is 4.22. The molecule has 0 unspecified atom stereocenters. The minimum atomic E-state index is 0.580. The molecule has 2 heterocycles. The lowest BCUT2D eigenvalue weighted by molar-refractivity contribution is 0.199. The Kier molecular flexibility index (Phi) is 2.84. The molecule has 2 nitrogen and oxygen atoms in total. The van der Waals surface area contributed by atoms with Crippen molar-refractivity contribution in [3.63, 3.8) is 0 Å². The Balaban J connectivity index is 1.65. The molecule has 0 N–H and O–H groups in total. The number of hydrogen-bond acceptors (Lipinski definition) is 2. The van der Waals surface area contributed by atoms with Crippen molar-refractivity contribution in [2.75, 3.05) is 18.0 Å². The van der Waals surface area contributed by atoms with Crippen LogP contribution in [0.1, 0.15) is 46.0 Å². The van der Waals surface area contributed by atoms with Gasteiger partial charge in [-0.25, -0.2) is 0 Å². The zero-order valence-corrected chi connectivity index (χ0v) is 11.7. The van der Waals surface area contributed by atoms with E-state index in [0.717, 1.165) is 0 Å². The summed E-state index contributed by atoms with van der Waals surface area (Å²) in [5, 5.41) is 0. The van der Waals surface area contributed by atoms with E-state index in [1.165, 1.54) is 50.9 Å². The molecule has 1 aromatic heterocycles. The van der Waals surface area contributed by atoms with Gasteiger partial charge in [-0.1, -0.05) is 13.8 Å². The molecule has 0 radical (unpaired) electrons. The van der Waals surface area contributed by atoms with Gasteiger partial charge >= 0.3 is 0 Å². The lowest BCUT2D eigenvalue weighted by Crippen LogP contribution is -2.39. The Labute approximate surface area is 110 Å². The molecule has 1 saturated heterocycles. The highest BCUT2D eigenvalue weighted by molar-refractivity contribution is 5.44. The maximum atomic E-state index is 4.23. The van der Waals surface area contributed by atoms with Crippen molar-refractivity contribution in [1.82, 2.24) is 4.98 Å². The standard InChI is InChI=1S/C16H24N2/c1-15(2)5-6-16(13-15)7-10-18(11-8-16)14-4-3-9-17-12-14/h3-4,9,12H,5-8,10-11,13H2,1-2H3. The number of pyridine rings is 1. The molecular weight excluding hydrogens is 220 g/mol. The molecule has 1 saturated carbocycles. The quantitative estimate of drug-likeness (QED) is 0.745. The van der Waals surface area contributed by atoms with E-state index in [1.54, 1.807) is 0 Å². The molecule has 1 aromatic rings. The van der Waals surface area contributed by atoms with Gasteiger partial charge in [0.05, 0.1) is 11.9 Å². The summed E-state index contributed by atoms with van der Waals surface area (Å²) in [6.45, 7) is 7.30. The molecule has 1 aliphatic heterocycles. The highest BCUT2D eigenvalue weighted by Gasteiger charge is 2.44. The third-order valence-electron chi connectivity index (χ3n) is 5.02. The fourth-order valence-corrected chi connectivity index (χ4v) is 4.00. The molecule has 2 aliphatic rings. The summed E-state index contributed by atoms with van der Waals surface area (Å²) in [6.07, 6.45) is 10.9. The smallest absolute Gasteiger partial charge is 0.0552 e. The van der Waals surface area contributed by atoms with Crippen molar-refractivity contribution in [2.24, 2.45) is 10.8 Å². The zero-order chi connectivity index (χ0) is 12.6. The van der Waals surface area contributed by atoms with Crippen LogP contribution in [0.4, 0.5) is 5.69 Å². The Morgan fingerprint density at radius 3 is 2.44 bits per heavy atom. The van der Waals surface area contributed by atoms with E-state index < -0.39 is 0 Å². The zero-order valence-electron chi connectivity index (χ0n) is 11.7. The first-order chi connectivity index (χ1) is 8.59. The fraction of sp³-hybridized carbons (Fsp3) is 0.688. The summed E-state index contributed by atoms with van der Waals surface area (Å²) >= 11 is 0. The summed E-state index contributed by atoms with van der Waals surface area (Å²) in [5.74, 6) is 0. The second-order valence-electron chi connectivity index (χ2n) is 7.04.